The average molecular weight is 548 g/mol. The lowest BCUT2D eigenvalue weighted by Crippen LogP contribution is -2.37. The molecule has 6 heteroatoms. The van der Waals surface area contributed by atoms with E-state index in [2.05, 4.69) is 12.2 Å². The van der Waals surface area contributed by atoms with Crippen molar-refractivity contribution < 1.29 is 18.7 Å². The fourth-order valence-electron chi connectivity index (χ4n) is 4.75. The summed E-state index contributed by atoms with van der Waals surface area (Å²) in [4.78, 5) is 26.6. The summed E-state index contributed by atoms with van der Waals surface area (Å²) in [5, 5.41) is 3.77. The van der Waals surface area contributed by atoms with E-state index in [4.69, 9.17) is 13.9 Å². The van der Waals surface area contributed by atoms with E-state index in [9.17, 15) is 9.59 Å². The first-order valence-corrected chi connectivity index (χ1v) is 13.9. The number of fused-ring (bicyclic) bond motifs is 1. The van der Waals surface area contributed by atoms with E-state index in [0.717, 1.165) is 29.7 Å². The van der Waals surface area contributed by atoms with Crippen molar-refractivity contribution in [1.82, 2.24) is 5.32 Å². The Bertz CT molecular complexity index is 1580. The molecule has 6 nitrogen and oxygen atoms in total. The molecule has 1 heterocycles. The smallest absolute Gasteiger partial charge is 0.318 e. The van der Waals surface area contributed by atoms with Crippen LogP contribution in [0.3, 0.4) is 0 Å². The van der Waals surface area contributed by atoms with Crippen LogP contribution in [0.1, 0.15) is 30.4 Å². The lowest BCUT2D eigenvalue weighted by molar-refractivity contribution is -0.151. The van der Waals surface area contributed by atoms with Crippen molar-refractivity contribution in [2.45, 2.75) is 25.4 Å². The zero-order chi connectivity index (χ0) is 28.4. The Labute approximate surface area is 239 Å². The van der Waals surface area contributed by atoms with Crippen molar-refractivity contribution >= 4 is 16.9 Å². The van der Waals surface area contributed by atoms with Gasteiger partial charge in [-0.15, -0.1) is 0 Å². The Morgan fingerprint density at radius 3 is 2.10 bits per heavy atom. The van der Waals surface area contributed by atoms with Gasteiger partial charge in [-0.2, -0.15) is 0 Å². The Morgan fingerprint density at radius 2 is 1.46 bits per heavy atom. The van der Waals surface area contributed by atoms with E-state index in [-0.39, 0.29) is 18.0 Å². The molecular weight excluding hydrogens is 514 g/mol. The predicted molar refractivity (Wildman–Crippen MR) is 161 cm³/mol. The van der Waals surface area contributed by atoms with E-state index >= 15 is 0 Å². The molecule has 1 N–H and O–H groups in total. The lowest BCUT2D eigenvalue weighted by atomic mass is 9.91. The summed E-state index contributed by atoms with van der Waals surface area (Å²) in [7, 11) is 0. The van der Waals surface area contributed by atoms with Crippen LogP contribution in [0.2, 0.25) is 0 Å². The van der Waals surface area contributed by atoms with Crippen molar-refractivity contribution in [2.75, 3.05) is 19.7 Å². The Morgan fingerprint density at radius 1 is 0.829 bits per heavy atom. The van der Waals surface area contributed by atoms with E-state index in [1.165, 1.54) is 6.07 Å². The first-order valence-electron chi connectivity index (χ1n) is 13.9. The molecule has 208 valence electrons. The monoisotopic (exact) mass is 547 g/mol. The normalized spacial score (nSPS) is 11.9. The van der Waals surface area contributed by atoms with Crippen LogP contribution < -0.4 is 15.5 Å². The van der Waals surface area contributed by atoms with Crippen LogP contribution in [-0.4, -0.2) is 31.8 Å². The third-order valence-electron chi connectivity index (χ3n) is 6.78. The second kappa shape index (κ2) is 13.6. The predicted octanol–water partition coefficient (Wildman–Crippen LogP) is 6.58. The van der Waals surface area contributed by atoms with Gasteiger partial charge in [0, 0.05) is 18.2 Å². The summed E-state index contributed by atoms with van der Waals surface area (Å²) in [6, 6.07) is 35.4. The molecule has 0 aliphatic heterocycles. The van der Waals surface area contributed by atoms with Crippen molar-refractivity contribution in [1.29, 1.82) is 0 Å². The number of hydrogen-bond acceptors (Lipinski definition) is 6. The van der Waals surface area contributed by atoms with Crippen LogP contribution in [0, 0.1) is 0 Å². The lowest BCUT2D eigenvalue weighted by Gasteiger charge is -2.23. The number of ether oxygens (including phenoxy) is 2. The fourth-order valence-corrected chi connectivity index (χ4v) is 4.75. The molecular formula is C35H33NO5. The first kappa shape index (κ1) is 27.9. The number of carbonyl (C=O) groups is 1. The molecule has 5 rings (SSSR count). The quantitative estimate of drug-likeness (QED) is 0.140. The number of carbonyl (C=O) groups excluding carboxylic acids is 1. The second-order valence-corrected chi connectivity index (χ2v) is 9.80. The molecule has 0 radical (unpaired) electrons. The van der Waals surface area contributed by atoms with Gasteiger partial charge in [-0.1, -0.05) is 104 Å². The van der Waals surface area contributed by atoms with Crippen LogP contribution in [0.4, 0.5) is 0 Å². The summed E-state index contributed by atoms with van der Waals surface area (Å²) in [5.41, 5.74) is 2.71. The topological polar surface area (TPSA) is 77.8 Å². The highest BCUT2D eigenvalue weighted by Gasteiger charge is 2.27. The number of esters is 1. The summed E-state index contributed by atoms with van der Waals surface area (Å²) < 4.78 is 18.5. The Hall–Kier alpha value is -4.68. The minimum absolute atomic E-state index is 0.0805. The van der Waals surface area contributed by atoms with Gasteiger partial charge >= 0.3 is 5.97 Å². The largest absolute Gasteiger partial charge is 0.486 e. The fraction of sp³-hybridized carbons (Fsp3) is 0.200. The van der Waals surface area contributed by atoms with Crippen LogP contribution in [0.5, 0.6) is 5.75 Å². The van der Waals surface area contributed by atoms with E-state index in [1.54, 1.807) is 18.2 Å². The molecule has 0 fully saturated rings. The maximum atomic E-state index is 13.7. The number of hydrogen-bond donors (Lipinski definition) is 1. The average Bonchev–Trinajstić information content (AvgIpc) is 3.01. The molecule has 0 aliphatic rings. The first-order chi connectivity index (χ1) is 20.1. The third kappa shape index (κ3) is 6.91. The highest BCUT2D eigenvalue weighted by Crippen LogP contribution is 2.30. The number of rotatable bonds is 12. The van der Waals surface area contributed by atoms with Crippen LogP contribution >= 0.6 is 0 Å². The Kier molecular flexibility index (Phi) is 9.24. The maximum absolute atomic E-state index is 13.7. The van der Waals surface area contributed by atoms with E-state index in [1.807, 2.05) is 91.0 Å². The van der Waals surface area contributed by atoms with Crippen LogP contribution in [0.25, 0.3) is 22.3 Å². The zero-order valence-corrected chi connectivity index (χ0v) is 23.0. The van der Waals surface area contributed by atoms with Crippen molar-refractivity contribution in [3.05, 3.63) is 137 Å². The summed E-state index contributed by atoms with van der Waals surface area (Å²) in [6.45, 7) is 3.35. The molecule has 4 aromatic carbocycles. The maximum Gasteiger partial charge on any atom is 0.318 e. The van der Waals surface area contributed by atoms with Gasteiger partial charge in [-0.05, 0) is 36.2 Å². The minimum atomic E-state index is -0.580. The Balaban J connectivity index is 1.40. The van der Waals surface area contributed by atoms with Crippen LogP contribution in [0.15, 0.2) is 124 Å². The number of nitrogens with one attached hydrogen (secondary N) is 1. The van der Waals surface area contributed by atoms with Gasteiger partial charge in [0.15, 0.2) is 16.8 Å². The SMILES string of the molecule is CCCNCC(COc1cccc2c(=O)cc(-c3ccccc3)oc12)OC(=O)C(c1ccccc1)c1ccccc1. The van der Waals surface area contributed by atoms with Gasteiger partial charge in [0.25, 0.3) is 0 Å². The molecule has 1 aromatic heterocycles. The molecule has 0 amide bonds. The van der Waals surface area contributed by atoms with Gasteiger partial charge < -0.3 is 19.2 Å². The highest BCUT2D eigenvalue weighted by atomic mass is 16.6. The van der Waals surface area contributed by atoms with Gasteiger partial charge in [0.1, 0.15) is 24.4 Å². The molecule has 41 heavy (non-hydrogen) atoms. The van der Waals surface area contributed by atoms with E-state index in [0.29, 0.717) is 29.0 Å². The second-order valence-electron chi connectivity index (χ2n) is 9.80. The minimum Gasteiger partial charge on any atom is -0.486 e. The molecule has 1 atom stereocenters. The molecule has 1 unspecified atom stereocenters. The van der Waals surface area contributed by atoms with Gasteiger partial charge in [0.05, 0.1) is 5.39 Å². The standard InChI is InChI=1S/C35H33NO5/c1-2-21-36-23-28(40-35(38)33(26-15-8-4-9-16-26)27-17-10-5-11-18-27)24-39-31-20-12-19-29-30(37)22-32(41-34(29)31)25-13-6-3-7-14-25/h3-20,22,28,33,36H,2,21,23-24H2,1H3. The molecule has 0 aliphatic carbocycles. The van der Waals surface area contributed by atoms with Crippen LogP contribution in [-0.2, 0) is 9.53 Å². The van der Waals surface area contributed by atoms with Gasteiger partial charge in [-0.25, -0.2) is 0 Å². The third-order valence-corrected chi connectivity index (χ3v) is 6.78. The van der Waals surface area contributed by atoms with Gasteiger partial charge in [-0.3, -0.25) is 9.59 Å². The molecule has 0 bridgehead atoms. The summed E-state index contributed by atoms with van der Waals surface area (Å²) in [5.74, 6) is -0.0582. The summed E-state index contributed by atoms with van der Waals surface area (Å²) >= 11 is 0. The zero-order valence-electron chi connectivity index (χ0n) is 23.0. The van der Waals surface area contributed by atoms with Crippen molar-refractivity contribution in [3.63, 3.8) is 0 Å². The molecule has 0 saturated heterocycles. The van der Waals surface area contributed by atoms with Crippen molar-refractivity contribution in [2.24, 2.45) is 0 Å². The highest BCUT2D eigenvalue weighted by molar-refractivity contribution is 5.84. The van der Waals surface area contributed by atoms with E-state index < -0.39 is 12.0 Å². The molecule has 0 saturated carbocycles. The van der Waals surface area contributed by atoms with Gasteiger partial charge in [0.2, 0.25) is 0 Å². The number of para-hydroxylation sites is 1. The molecule has 5 aromatic rings. The van der Waals surface area contributed by atoms with Crippen molar-refractivity contribution in [3.8, 4) is 17.1 Å². The number of benzene rings is 4. The molecule has 0 spiro atoms. The summed E-state index contributed by atoms with van der Waals surface area (Å²) in [6.07, 6.45) is 0.359.